The van der Waals surface area contributed by atoms with Crippen molar-refractivity contribution in [2.75, 3.05) is 0 Å². The second-order valence-corrected chi connectivity index (χ2v) is 6.58. The molecule has 0 saturated heterocycles. The van der Waals surface area contributed by atoms with Crippen LogP contribution < -0.4 is 5.32 Å². The summed E-state index contributed by atoms with van der Waals surface area (Å²) in [6.45, 7) is 6.46. The van der Waals surface area contributed by atoms with E-state index < -0.39 is 54.3 Å². The smallest absolute Gasteiger partial charge is 0.408 e. The van der Waals surface area contributed by atoms with Gasteiger partial charge in [0.15, 0.2) is 0 Å². The van der Waals surface area contributed by atoms with E-state index >= 15 is 0 Å². The van der Waals surface area contributed by atoms with Gasteiger partial charge in [0.25, 0.3) is 0 Å². The van der Waals surface area contributed by atoms with Gasteiger partial charge in [0, 0.05) is 12.8 Å². The number of carboxylic acid groups (broad SMARTS) is 1. The molecule has 1 aliphatic carbocycles. The molecule has 0 aliphatic heterocycles. The molecule has 1 aliphatic rings. The topological polar surface area (TPSA) is 75.6 Å². The van der Waals surface area contributed by atoms with Crippen LogP contribution in [0.1, 0.15) is 47.0 Å². The van der Waals surface area contributed by atoms with Crippen molar-refractivity contribution in [2.45, 2.75) is 64.0 Å². The average Bonchev–Trinajstić information content (AvgIpc) is 2.08. The van der Waals surface area contributed by atoms with Crippen molar-refractivity contribution in [2.24, 2.45) is 5.92 Å². The average molecular weight is 293 g/mol. The molecule has 0 heterocycles. The summed E-state index contributed by atoms with van der Waals surface area (Å²) in [6.07, 6.45) is -2.07. The molecule has 2 N–H and O–H groups in total. The number of halogens is 2. The lowest BCUT2D eigenvalue weighted by Crippen LogP contribution is -2.59. The lowest BCUT2D eigenvalue weighted by atomic mass is 9.68. The van der Waals surface area contributed by atoms with Crippen LogP contribution >= 0.6 is 0 Å². The van der Waals surface area contributed by atoms with Crippen LogP contribution in [0, 0.1) is 5.92 Å². The third-order valence-electron chi connectivity index (χ3n) is 3.30. The van der Waals surface area contributed by atoms with Crippen LogP contribution in [0.2, 0.25) is 0 Å². The number of alkyl carbamates (subject to hydrolysis) is 1. The Morgan fingerprint density at radius 3 is 2.15 bits per heavy atom. The fourth-order valence-corrected chi connectivity index (χ4v) is 2.25. The molecule has 1 atom stereocenters. The fourth-order valence-electron chi connectivity index (χ4n) is 2.25. The SMILES string of the molecule is CC(C)(C)OC(=O)NC(C)(CC(=O)O)C1CC(F)(F)C1. The Labute approximate surface area is 116 Å². The quantitative estimate of drug-likeness (QED) is 0.835. The van der Waals surface area contributed by atoms with Gasteiger partial charge in [-0.05, 0) is 33.6 Å². The maximum Gasteiger partial charge on any atom is 0.408 e. The van der Waals surface area contributed by atoms with Crippen LogP contribution in [0.3, 0.4) is 0 Å². The van der Waals surface area contributed by atoms with Gasteiger partial charge >= 0.3 is 12.1 Å². The molecular weight excluding hydrogens is 272 g/mol. The Bertz CT molecular complexity index is 398. The second-order valence-electron chi connectivity index (χ2n) is 6.58. The largest absolute Gasteiger partial charge is 0.481 e. The summed E-state index contributed by atoms with van der Waals surface area (Å²) in [4.78, 5) is 22.7. The summed E-state index contributed by atoms with van der Waals surface area (Å²) in [7, 11) is 0. The van der Waals surface area contributed by atoms with Crippen molar-refractivity contribution in [1.82, 2.24) is 5.32 Å². The molecule has 0 spiro atoms. The van der Waals surface area contributed by atoms with Crippen molar-refractivity contribution in [3.05, 3.63) is 0 Å². The normalized spacial score (nSPS) is 21.5. The van der Waals surface area contributed by atoms with Gasteiger partial charge in [-0.2, -0.15) is 0 Å². The van der Waals surface area contributed by atoms with E-state index in [2.05, 4.69) is 5.32 Å². The van der Waals surface area contributed by atoms with Crippen LogP contribution in [-0.4, -0.2) is 34.2 Å². The maximum absolute atomic E-state index is 13.0. The molecule has 1 saturated carbocycles. The van der Waals surface area contributed by atoms with E-state index in [1.807, 2.05) is 0 Å². The predicted octanol–water partition coefficient (Wildman–Crippen LogP) is 2.79. The molecule has 20 heavy (non-hydrogen) atoms. The van der Waals surface area contributed by atoms with Crippen molar-refractivity contribution < 1.29 is 28.2 Å². The van der Waals surface area contributed by atoms with Gasteiger partial charge in [-0.25, -0.2) is 13.6 Å². The van der Waals surface area contributed by atoms with Gasteiger partial charge in [-0.1, -0.05) is 0 Å². The highest BCUT2D eigenvalue weighted by Gasteiger charge is 2.54. The number of ether oxygens (including phenoxy) is 1. The standard InChI is InChI=1S/C13H21F2NO4/c1-11(2,3)20-10(19)16-12(4,7-9(17)18)8-5-13(14,15)6-8/h8H,5-7H2,1-4H3,(H,16,19)(H,17,18). The lowest BCUT2D eigenvalue weighted by Gasteiger charge is -2.46. The van der Waals surface area contributed by atoms with Gasteiger partial charge in [0.05, 0.1) is 12.0 Å². The number of alkyl halides is 2. The minimum atomic E-state index is -2.78. The van der Waals surface area contributed by atoms with E-state index in [4.69, 9.17) is 9.84 Å². The minimum absolute atomic E-state index is 0.424. The Morgan fingerprint density at radius 2 is 1.80 bits per heavy atom. The van der Waals surface area contributed by atoms with Crippen LogP contribution in [-0.2, 0) is 9.53 Å². The van der Waals surface area contributed by atoms with E-state index in [1.165, 1.54) is 6.92 Å². The summed E-state index contributed by atoms with van der Waals surface area (Å²) in [5, 5.41) is 11.4. The first kappa shape index (κ1) is 16.7. The number of aliphatic carboxylic acids is 1. The molecule has 0 radical (unpaired) electrons. The molecule has 1 unspecified atom stereocenters. The Kier molecular flexibility index (Phi) is 4.31. The number of carbonyl (C=O) groups is 2. The summed E-state index contributed by atoms with van der Waals surface area (Å²) in [5.74, 6) is -4.51. The van der Waals surface area contributed by atoms with E-state index in [0.29, 0.717) is 0 Å². The summed E-state index contributed by atoms with van der Waals surface area (Å²) >= 11 is 0. The van der Waals surface area contributed by atoms with E-state index in [1.54, 1.807) is 20.8 Å². The molecule has 1 fully saturated rings. The van der Waals surface area contributed by atoms with Crippen LogP contribution in [0.25, 0.3) is 0 Å². The van der Waals surface area contributed by atoms with Crippen LogP contribution in [0.4, 0.5) is 13.6 Å². The van der Waals surface area contributed by atoms with Crippen molar-refractivity contribution >= 4 is 12.1 Å². The molecule has 0 aromatic rings. The molecule has 0 aromatic heterocycles. The summed E-state index contributed by atoms with van der Waals surface area (Å²) < 4.78 is 31.0. The number of hydrogen-bond acceptors (Lipinski definition) is 3. The first-order valence-electron chi connectivity index (χ1n) is 6.44. The highest BCUT2D eigenvalue weighted by molar-refractivity contribution is 5.73. The summed E-state index contributed by atoms with van der Waals surface area (Å²) in [5.41, 5.74) is -1.98. The molecule has 1 amide bonds. The minimum Gasteiger partial charge on any atom is -0.481 e. The number of carbonyl (C=O) groups excluding carboxylic acids is 1. The molecule has 116 valence electrons. The van der Waals surface area contributed by atoms with Crippen LogP contribution in [0.15, 0.2) is 0 Å². The van der Waals surface area contributed by atoms with Gasteiger partial charge in [-0.3, -0.25) is 4.79 Å². The van der Waals surface area contributed by atoms with Crippen LogP contribution in [0.5, 0.6) is 0 Å². The van der Waals surface area contributed by atoms with Crippen molar-refractivity contribution in [1.29, 1.82) is 0 Å². The Morgan fingerprint density at radius 1 is 1.30 bits per heavy atom. The maximum atomic E-state index is 13.0. The number of carboxylic acids is 1. The van der Waals surface area contributed by atoms with E-state index in [0.717, 1.165) is 0 Å². The number of nitrogens with one attached hydrogen (secondary N) is 1. The predicted molar refractivity (Wildman–Crippen MR) is 67.7 cm³/mol. The monoisotopic (exact) mass is 293 g/mol. The fraction of sp³-hybridized carbons (Fsp3) is 0.846. The zero-order valence-electron chi connectivity index (χ0n) is 12.1. The highest BCUT2D eigenvalue weighted by Crippen LogP contribution is 2.48. The molecule has 5 nitrogen and oxygen atoms in total. The summed E-state index contributed by atoms with van der Waals surface area (Å²) in [6, 6.07) is 0. The molecular formula is C13H21F2NO4. The third kappa shape index (κ3) is 4.61. The van der Waals surface area contributed by atoms with Crippen molar-refractivity contribution in [3.63, 3.8) is 0 Å². The Balaban J connectivity index is 2.74. The van der Waals surface area contributed by atoms with Gasteiger partial charge in [0.2, 0.25) is 5.92 Å². The molecule has 0 bridgehead atoms. The third-order valence-corrected chi connectivity index (χ3v) is 3.30. The van der Waals surface area contributed by atoms with E-state index in [-0.39, 0.29) is 0 Å². The highest BCUT2D eigenvalue weighted by atomic mass is 19.3. The second kappa shape index (κ2) is 5.18. The number of rotatable bonds is 4. The van der Waals surface area contributed by atoms with E-state index in [9.17, 15) is 18.4 Å². The molecule has 1 rings (SSSR count). The molecule has 7 heteroatoms. The van der Waals surface area contributed by atoms with Gasteiger partial charge < -0.3 is 15.2 Å². The zero-order valence-corrected chi connectivity index (χ0v) is 12.1. The number of hydrogen-bond donors (Lipinski definition) is 2. The number of amides is 1. The lowest BCUT2D eigenvalue weighted by molar-refractivity contribution is -0.150. The van der Waals surface area contributed by atoms with Crippen molar-refractivity contribution in [3.8, 4) is 0 Å². The molecule has 0 aromatic carbocycles. The Hall–Kier alpha value is -1.40. The van der Waals surface area contributed by atoms with Gasteiger partial charge in [0.1, 0.15) is 5.60 Å². The first-order valence-corrected chi connectivity index (χ1v) is 6.44. The first-order chi connectivity index (χ1) is 8.83. The van der Waals surface area contributed by atoms with Gasteiger partial charge in [-0.15, -0.1) is 0 Å². The zero-order chi connectivity index (χ0) is 15.8.